The molecule has 0 atom stereocenters. The van der Waals surface area contributed by atoms with Crippen LogP contribution in [0.5, 0.6) is 0 Å². The summed E-state index contributed by atoms with van der Waals surface area (Å²) in [4.78, 5) is 4.04. The Morgan fingerprint density at radius 3 is 2.48 bits per heavy atom. The fraction of sp³-hybridized carbons (Fsp3) is 0.0667. The minimum absolute atomic E-state index is 0.194. The molecular weight excluding hydrogens is 336 g/mol. The van der Waals surface area contributed by atoms with E-state index in [0.717, 1.165) is 5.56 Å². The molecule has 23 heavy (non-hydrogen) atoms. The molecule has 8 heteroatoms. The quantitative estimate of drug-likeness (QED) is 0.786. The van der Waals surface area contributed by atoms with Crippen molar-refractivity contribution >= 4 is 27.3 Å². The fourth-order valence-electron chi connectivity index (χ4n) is 2.02. The highest BCUT2D eigenvalue weighted by atomic mass is 35.5. The van der Waals surface area contributed by atoms with Crippen LogP contribution in [0.4, 0.5) is 5.69 Å². The molecular formula is C15H13ClN4O2S. The number of halogens is 1. The molecule has 0 amide bonds. The van der Waals surface area contributed by atoms with Gasteiger partial charge < -0.3 is 0 Å². The average molecular weight is 349 g/mol. The van der Waals surface area contributed by atoms with Crippen LogP contribution in [-0.4, -0.2) is 23.2 Å². The number of hydrogen-bond donors (Lipinski definition) is 1. The minimum atomic E-state index is -3.66. The lowest BCUT2D eigenvalue weighted by atomic mass is 10.2. The third kappa shape index (κ3) is 3.35. The Kier molecular flexibility index (Phi) is 4.06. The molecule has 3 aromatic rings. The van der Waals surface area contributed by atoms with Gasteiger partial charge in [-0.25, -0.2) is 18.1 Å². The summed E-state index contributed by atoms with van der Waals surface area (Å²) in [6, 6.07) is 11.4. The Hall–Kier alpha value is -2.38. The third-order valence-electron chi connectivity index (χ3n) is 3.20. The number of rotatable bonds is 4. The van der Waals surface area contributed by atoms with Crippen molar-refractivity contribution in [2.24, 2.45) is 0 Å². The highest BCUT2D eigenvalue weighted by Crippen LogP contribution is 2.25. The summed E-state index contributed by atoms with van der Waals surface area (Å²) >= 11 is 6.19. The second-order valence-corrected chi connectivity index (χ2v) is 7.01. The molecule has 118 valence electrons. The monoisotopic (exact) mass is 348 g/mol. The molecule has 0 saturated heterocycles. The maximum Gasteiger partial charge on any atom is 0.261 e. The first kappa shape index (κ1) is 15.5. The molecule has 6 nitrogen and oxygen atoms in total. The fourth-order valence-corrected chi connectivity index (χ4v) is 3.34. The Labute approximate surface area is 138 Å². The molecule has 1 heterocycles. The lowest BCUT2D eigenvalue weighted by molar-refractivity contribution is 0.601. The number of aryl methyl sites for hydroxylation is 1. The number of aromatic nitrogens is 3. The molecule has 0 saturated carbocycles. The van der Waals surface area contributed by atoms with E-state index in [2.05, 4.69) is 14.8 Å². The minimum Gasteiger partial charge on any atom is -0.280 e. The van der Waals surface area contributed by atoms with Crippen molar-refractivity contribution in [2.45, 2.75) is 11.8 Å². The van der Waals surface area contributed by atoms with Gasteiger partial charge in [-0.1, -0.05) is 29.3 Å². The zero-order valence-corrected chi connectivity index (χ0v) is 13.7. The molecule has 0 aliphatic carbocycles. The normalized spacial score (nSPS) is 11.4. The number of nitrogens with one attached hydrogen (secondary N) is 1. The maximum atomic E-state index is 12.4. The van der Waals surface area contributed by atoms with Crippen LogP contribution in [0.2, 0.25) is 5.02 Å². The summed E-state index contributed by atoms with van der Waals surface area (Å²) in [5.41, 5.74) is 1.98. The zero-order chi connectivity index (χ0) is 16.4. The number of sulfonamides is 1. The smallest absolute Gasteiger partial charge is 0.261 e. The van der Waals surface area contributed by atoms with Crippen LogP contribution in [0.25, 0.3) is 5.69 Å². The summed E-state index contributed by atoms with van der Waals surface area (Å²) in [5.74, 6) is 0. The summed E-state index contributed by atoms with van der Waals surface area (Å²) in [6.45, 7) is 1.90. The van der Waals surface area contributed by atoms with Gasteiger partial charge in [-0.3, -0.25) is 4.72 Å². The predicted molar refractivity (Wildman–Crippen MR) is 88.4 cm³/mol. The van der Waals surface area contributed by atoms with Crippen molar-refractivity contribution in [3.8, 4) is 5.69 Å². The second-order valence-electron chi connectivity index (χ2n) is 4.92. The molecule has 3 rings (SSSR count). The van der Waals surface area contributed by atoms with Crippen LogP contribution in [0.3, 0.4) is 0 Å². The Bertz CT molecular complexity index is 923. The Balaban J connectivity index is 1.88. The second kappa shape index (κ2) is 6.02. The van der Waals surface area contributed by atoms with Crippen molar-refractivity contribution in [3.05, 3.63) is 65.7 Å². The maximum absolute atomic E-state index is 12.4. The van der Waals surface area contributed by atoms with Crippen LogP contribution in [0.15, 0.2) is 60.0 Å². The van der Waals surface area contributed by atoms with Crippen molar-refractivity contribution in [3.63, 3.8) is 0 Å². The van der Waals surface area contributed by atoms with Crippen molar-refractivity contribution < 1.29 is 8.42 Å². The Morgan fingerprint density at radius 2 is 1.87 bits per heavy atom. The summed E-state index contributed by atoms with van der Waals surface area (Å²) in [5, 5.41) is 4.35. The molecule has 0 radical (unpaired) electrons. The zero-order valence-electron chi connectivity index (χ0n) is 12.1. The molecule has 0 aliphatic rings. The average Bonchev–Trinajstić information content (AvgIpc) is 3.01. The van der Waals surface area contributed by atoms with Gasteiger partial charge in [0.15, 0.2) is 0 Å². The first-order valence-electron chi connectivity index (χ1n) is 6.70. The number of benzene rings is 2. The summed E-state index contributed by atoms with van der Waals surface area (Å²) in [7, 11) is -3.66. The van der Waals surface area contributed by atoms with Crippen molar-refractivity contribution in [1.82, 2.24) is 14.8 Å². The van der Waals surface area contributed by atoms with Gasteiger partial charge in [0.1, 0.15) is 12.7 Å². The van der Waals surface area contributed by atoms with Gasteiger partial charge in [0.05, 0.1) is 21.3 Å². The van der Waals surface area contributed by atoms with Crippen molar-refractivity contribution in [1.29, 1.82) is 0 Å². The van der Waals surface area contributed by atoms with E-state index in [-0.39, 0.29) is 4.90 Å². The van der Waals surface area contributed by atoms with E-state index < -0.39 is 10.0 Å². The standard InChI is InChI=1S/C15H13ClN4O2S/c1-11-2-5-13(6-3-11)23(21,22)19-12-4-7-15(14(16)8-12)20-10-17-9-18-20/h2-10,19H,1H3. The van der Waals surface area contributed by atoms with E-state index in [4.69, 9.17) is 11.6 Å². The van der Waals surface area contributed by atoms with E-state index >= 15 is 0 Å². The van der Waals surface area contributed by atoms with Gasteiger partial charge in [-0.05, 0) is 37.3 Å². The lowest BCUT2D eigenvalue weighted by Gasteiger charge is -2.10. The summed E-state index contributed by atoms with van der Waals surface area (Å²) in [6.07, 6.45) is 2.90. The molecule has 0 unspecified atom stereocenters. The summed E-state index contributed by atoms with van der Waals surface area (Å²) < 4.78 is 28.7. The highest BCUT2D eigenvalue weighted by Gasteiger charge is 2.15. The number of anilines is 1. The Morgan fingerprint density at radius 1 is 1.13 bits per heavy atom. The number of nitrogens with zero attached hydrogens (tertiary/aromatic N) is 3. The molecule has 1 aromatic heterocycles. The number of hydrogen-bond acceptors (Lipinski definition) is 4. The first-order valence-corrected chi connectivity index (χ1v) is 8.56. The van der Waals surface area contributed by atoms with Gasteiger partial charge in [0.25, 0.3) is 10.0 Å². The largest absolute Gasteiger partial charge is 0.280 e. The molecule has 0 aliphatic heterocycles. The molecule has 0 bridgehead atoms. The van der Waals surface area contributed by atoms with Gasteiger partial charge in [-0.2, -0.15) is 5.10 Å². The van der Waals surface area contributed by atoms with E-state index in [1.807, 2.05) is 6.92 Å². The van der Waals surface area contributed by atoms with Crippen LogP contribution in [0.1, 0.15) is 5.56 Å². The third-order valence-corrected chi connectivity index (χ3v) is 4.90. The van der Waals surface area contributed by atoms with Gasteiger partial charge >= 0.3 is 0 Å². The SMILES string of the molecule is Cc1ccc(S(=O)(=O)Nc2ccc(-n3cncn3)c(Cl)c2)cc1. The van der Waals surface area contributed by atoms with E-state index in [0.29, 0.717) is 16.4 Å². The topological polar surface area (TPSA) is 76.9 Å². The van der Waals surface area contributed by atoms with E-state index in [1.54, 1.807) is 36.4 Å². The van der Waals surface area contributed by atoms with Crippen LogP contribution < -0.4 is 4.72 Å². The molecule has 1 N–H and O–H groups in total. The predicted octanol–water partition coefficient (Wildman–Crippen LogP) is 3.03. The van der Waals surface area contributed by atoms with E-state index in [9.17, 15) is 8.42 Å². The van der Waals surface area contributed by atoms with Gasteiger partial charge in [0.2, 0.25) is 0 Å². The van der Waals surface area contributed by atoms with E-state index in [1.165, 1.54) is 23.4 Å². The molecule has 0 spiro atoms. The van der Waals surface area contributed by atoms with Gasteiger partial charge in [-0.15, -0.1) is 0 Å². The van der Waals surface area contributed by atoms with Crippen LogP contribution in [-0.2, 0) is 10.0 Å². The molecule has 2 aromatic carbocycles. The van der Waals surface area contributed by atoms with Crippen LogP contribution >= 0.6 is 11.6 Å². The first-order chi connectivity index (χ1) is 11.0. The van der Waals surface area contributed by atoms with Gasteiger partial charge in [0, 0.05) is 0 Å². The highest BCUT2D eigenvalue weighted by molar-refractivity contribution is 7.92. The molecule has 0 fully saturated rings. The van der Waals surface area contributed by atoms with Crippen molar-refractivity contribution in [2.75, 3.05) is 4.72 Å². The van der Waals surface area contributed by atoms with Crippen LogP contribution in [0, 0.1) is 6.92 Å². The lowest BCUT2D eigenvalue weighted by Crippen LogP contribution is -2.13.